The van der Waals surface area contributed by atoms with Crippen molar-refractivity contribution in [2.75, 3.05) is 6.54 Å². The Kier molecular flexibility index (Phi) is 2.87. The van der Waals surface area contributed by atoms with Crippen molar-refractivity contribution in [1.29, 1.82) is 0 Å². The zero-order chi connectivity index (χ0) is 10.1. The molecule has 0 aromatic rings. The summed E-state index contributed by atoms with van der Waals surface area (Å²) in [4.78, 5) is 10.6. The quantitative estimate of drug-likeness (QED) is 0.405. The lowest BCUT2D eigenvalue weighted by Gasteiger charge is -2.31. The molecule has 0 bridgehead atoms. The van der Waals surface area contributed by atoms with E-state index in [1.165, 1.54) is 0 Å². The number of hydrogen-bond donors (Lipinski definition) is 4. The SMILES string of the molecule is O=C(O)C1CCCCN(O)C1(O)O. The number of hydroxylamine groups is 2. The monoisotopic (exact) mass is 191 g/mol. The fraction of sp³-hybridized carbons (Fsp3) is 0.857. The Hall–Kier alpha value is -0.690. The highest BCUT2D eigenvalue weighted by molar-refractivity contribution is 5.71. The second-order valence-electron chi connectivity index (χ2n) is 3.20. The number of carboxylic acids is 1. The predicted octanol–water partition coefficient (Wildman–Crippen LogP) is -0.799. The van der Waals surface area contributed by atoms with Gasteiger partial charge in [0.05, 0.1) is 0 Å². The molecule has 0 radical (unpaired) electrons. The highest BCUT2D eigenvalue weighted by atomic mass is 16.6. The molecule has 1 rings (SSSR count). The number of aliphatic carboxylic acids is 1. The summed E-state index contributed by atoms with van der Waals surface area (Å²) >= 11 is 0. The first kappa shape index (κ1) is 10.4. The fourth-order valence-electron chi connectivity index (χ4n) is 1.44. The third kappa shape index (κ3) is 1.97. The van der Waals surface area contributed by atoms with Gasteiger partial charge in [-0.3, -0.25) is 4.79 Å². The first-order valence-electron chi connectivity index (χ1n) is 4.10. The van der Waals surface area contributed by atoms with Crippen molar-refractivity contribution in [2.24, 2.45) is 5.92 Å². The summed E-state index contributed by atoms with van der Waals surface area (Å²) in [6, 6.07) is 0. The number of aliphatic hydroxyl groups is 2. The van der Waals surface area contributed by atoms with Gasteiger partial charge in [-0.25, -0.2) is 0 Å². The molecule has 0 aliphatic carbocycles. The topological polar surface area (TPSA) is 101 Å². The van der Waals surface area contributed by atoms with Crippen LogP contribution in [0.1, 0.15) is 19.3 Å². The van der Waals surface area contributed by atoms with Gasteiger partial charge >= 0.3 is 5.97 Å². The van der Waals surface area contributed by atoms with E-state index in [1.807, 2.05) is 0 Å². The Morgan fingerprint density at radius 1 is 1.38 bits per heavy atom. The van der Waals surface area contributed by atoms with Crippen molar-refractivity contribution in [2.45, 2.75) is 25.2 Å². The minimum atomic E-state index is -2.65. The van der Waals surface area contributed by atoms with Gasteiger partial charge in [0.1, 0.15) is 5.92 Å². The first-order valence-corrected chi connectivity index (χ1v) is 4.10. The van der Waals surface area contributed by atoms with Crippen molar-refractivity contribution in [3.8, 4) is 0 Å². The van der Waals surface area contributed by atoms with Gasteiger partial charge in [-0.2, -0.15) is 0 Å². The standard InChI is InChI=1S/C7H13NO5/c9-6(10)5-3-1-2-4-8(13)7(5,11)12/h5,11-13H,1-4H2,(H,9,10). The van der Waals surface area contributed by atoms with Crippen molar-refractivity contribution in [3.05, 3.63) is 0 Å². The molecule has 1 atom stereocenters. The Morgan fingerprint density at radius 2 is 2.00 bits per heavy atom. The van der Waals surface area contributed by atoms with E-state index in [0.29, 0.717) is 12.8 Å². The summed E-state index contributed by atoms with van der Waals surface area (Å²) in [6.45, 7) is 0.0663. The van der Waals surface area contributed by atoms with Crippen molar-refractivity contribution in [1.82, 2.24) is 5.06 Å². The Labute approximate surface area is 75.0 Å². The molecule has 6 nitrogen and oxygen atoms in total. The molecule has 0 spiro atoms. The molecular formula is C7H13NO5. The third-order valence-corrected chi connectivity index (χ3v) is 2.26. The van der Waals surface area contributed by atoms with Gasteiger partial charge < -0.3 is 20.5 Å². The maximum Gasteiger partial charge on any atom is 0.313 e. The molecule has 1 fully saturated rings. The zero-order valence-electron chi connectivity index (χ0n) is 7.05. The van der Waals surface area contributed by atoms with E-state index >= 15 is 0 Å². The molecule has 1 saturated heterocycles. The zero-order valence-corrected chi connectivity index (χ0v) is 7.05. The van der Waals surface area contributed by atoms with Crippen LogP contribution in [0.15, 0.2) is 0 Å². The van der Waals surface area contributed by atoms with Crippen LogP contribution in [0.2, 0.25) is 0 Å². The molecule has 1 heterocycles. The number of rotatable bonds is 1. The predicted molar refractivity (Wildman–Crippen MR) is 40.6 cm³/mol. The van der Waals surface area contributed by atoms with Crippen LogP contribution in [0.4, 0.5) is 0 Å². The lowest BCUT2D eigenvalue weighted by molar-refractivity contribution is -0.376. The maximum absolute atomic E-state index is 10.6. The highest BCUT2D eigenvalue weighted by Gasteiger charge is 2.46. The molecule has 1 aliphatic rings. The first-order chi connectivity index (χ1) is 5.96. The van der Waals surface area contributed by atoms with E-state index in [-0.39, 0.29) is 18.0 Å². The summed E-state index contributed by atoms with van der Waals surface area (Å²) in [7, 11) is 0. The molecule has 0 amide bonds. The largest absolute Gasteiger partial charge is 0.481 e. The summed E-state index contributed by atoms with van der Waals surface area (Å²) in [5.41, 5.74) is 0. The van der Waals surface area contributed by atoms with Gasteiger partial charge in [0.25, 0.3) is 5.91 Å². The van der Waals surface area contributed by atoms with Crippen LogP contribution in [0, 0.1) is 5.92 Å². The van der Waals surface area contributed by atoms with Gasteiger partial charge in [0.2, 0.25) is 0 Å². The van der Waals surface area contributed by atoms with E-state index in [4.69, 9.17) is 10.3 Å². The molecule has 1 unspecified atom stereocenters. The molecular weight excluding hydrogens is 178 g/mol. The smallest absolute Gasteiger partial charge is 0.313 e. The van der Waals surface area contributed by atoms with Crippen LogP contribution in [0.5, 0.6) is 0 Å². The molecule has 0 saturated carbocycles. The normalized spacial score (nSPS) is 29.6. The lowest BCUT2D eigenvalue weighted by atomic mass is 10.00. The average molecular weight is 191 g/mol. The molecule has 6 heteroatoms. The molecule has 1 aliphatic heterocycles. The Balaban J connectivity index is 2.84. The highest BCUT2D eigenvalue weighted by Crippen LogP contribution is 2.27. The van der Waals surface area contributed by atoms with E-state index in [0.717, 1.165) is 0 Å². The lowest BCUT2D eigenvalue weighted by Crippen LogP contribution is -2.54. The molecule has 13 heavy (non-hydrogen) atoms. The maximum atomic E-state index is 10.6. The second-order valence-corrected chi connectivity index (χ2v) is 3.20. The number of carboxylic acid groups (broad SMARTS) is 1. The third-order valence-electron chi connectivity index (χ3n) is 2.26. The minimum Gasteiger partial charge on any atom is -0.481 e. The van der Waals surface area contributed by atoms with E-state index in [1.54, 1.807) is 0 Å². The van der Waals surface area contributed by atoms with Crippen molar-refractivity contribution >= 4 is 5.97 Å². The van der Waals surface area contributed by atoms with Crippen LogP contribution in [0.3, 0.4) is 0 Å². The van der Waals surface area contributed by atoms with Crippen molar-refractivity contribution in [3.63, 3.8) is 0 Å². The summed E-state index contributed by atoms with van der Waals surface area (Å²) < 4.78 is 0. The Morgan fingerprint density at radius 3 is 2.54 bits per heavy atom. The van der Waals surface area contributed by atoms with Crippen LogP contribution in [-0.2, 0) is 4.79 Å². The average Bonchev–Trinajstić information content (AvgIpc) is 2.12. The molecule has 4 N–H and O–H groups in total. The van der Waals surface area contributed by atoms with Crippen molar-refractivity contribution < 1.29 is 25.3 Å². The summed E-state index contributed by atoms with van der Waals surface area (Å²) in [6.07, 6.45) is 1.25. The Bertz CT molecular complexity index is 205. The van der Waals surface area contributed by atoms with Crippen LogP contribution in [-0.4, -0.2) is 44.0 Å². The molecule has 76 valence electrons. The van der Waals surface area contributed by atoms with Crippen LogP contribution < -0.4 is 0 Å². The van der Waals surface area contributed by atoms with Crippen LogP contribution in [0.25, 0.3) is 0 Å². The number of nitrogens with zero attached hydrogens (tertiary/aromatic N) is 1. The summed E-state index contributed by atoms with van der Waals surface area (Å²) in [5.74, 6) is -5.33. The van der Waals surface area contributed by atoms with E-state index < -0.39 is 17.8 Å². The second kappa shape index (κ2) is 3.59. The van der Waals surface area contributed by atoms with Gasteiger partial charge in [-0.1, -0.05) is 6.42 Å². The molecule has 0 aromatic carbocycles. The van der Waals surface area contributed by atoms with Gasteiger partial charge in [-0.05, 0) is 12.8 Å². The van der Waals surface area contributed by atoms with E-state index in [9.17, 15) is 15.0 Å². The number of hydrogen-bond acceptors (Lipinski definition) is 5. The van der Waals surface area contributed by atoms with Gasteiger partial charge in [0.15, 0.2) is 0 Å². The molecule has 0 aromatic heterocycles. The minimum absolute atomic E-state index is 0.0663. The van der Waals surface area contributed by atoms with Gasteiger partial charge in [0, 0.05) is 6.54 Å². The summed E-state index contributed by atoms with van der Waals surface area (Å²) in [5, 5.41) is 36.6. The van der Waals surface area contributed by atoms with E-state index in [2.05, 4.69) is 0 Å². The van der Waals surface area contributed by atoms with Gasteiger partial charge in [-0.15, -0.1) is 5.06 Å². The van der Waals surface area contributed by atoms with Crippen LogP contribution >= 0.6 is 0 Å². The number of carbonyl (C=O) groups is 1. The fourth-order valence-corrected chi connectivity index (χ4v) is 1.44.